The van der Waals surface area contributed by atoms with Crippen LogP contribution >= 0.6 is 11.3 Å². The molecule has 2 aromatic heterocycles. The highest BCUT2D eigenvalue weighted by Crippen LogP contribution is 2.18. The second-order valence-electron chi connectivity index (χ2n) is 4.44. The molecular formula is C14H15N3O3S. The number of aliphatic carboxylic acids is 1. The van der Waals surface area contributed by atoms with Gasteiger partial charge in [-0.25, -0.2) is 4.79 Å². The van der Waals surface area contributed by atoms with Crippen LogP contribution in [0.25, 0.3) is 0 Å². The highest BCUT2D eigenvalue weighted by Gasteiger charge is 2.10. The zero-order valence-corrected chi connectivity index (χ0v) is 12.2. The number of carboxylic acids is 1. The summed E-state index contributed by atoms with van der Waals surface area (Å²) in [5.74, 6) is -0.939. The maximum Gasteiger partial charge on any atom is 0.319 e. The number of anilines is 1. The summed E-state index contributed by atoms with van der Waals surface area (Å²) in [5, 5.41) is 16.1. The van der Waals surface area contributed by atoms with E-state index < -0.39 is 5.97 Å². The number of pyridine rings is 1. The van der Waals surface area contributed by atoms with E-state index in [4.69, 9.17) is 5.11 Å². The molecule has 1 unspecified atom stereocenters. The van der Waals surface area contributed by atoms with Gasteiger partial charge in [-0.15, -0.1) is 11.3 Å². The van der Waals surface area contributed by atoms with E-state index in [0.717, 1.165) is 4.88 Å². The van der Waals surface area contributed by atoms with Gasteiger partial charge in [0, 0.05) is 4.88 Å². The monoisotopic (exact) mass is 305 g/mol. The lowest BCUT2D eigenvalue weighted by Gasteiger charge is -2.13. The minimum Gasteiger partial charge on any atom is -0.481 e. The van der Waals surface area contributed by atoms with E-state index in [1.54, 1.807) is 23.5 Å². The molecule has 0 saturated heterocycles. The zero-order valence-electron chi connectivity index (χ0n) is 11.4. The third kappa shape index (κ3) is 4.57. The molecule has 2 amide bonds. The molecule has 0 fully saturated rings. The third-order valence-corrected chi connectivity index (χ3v) is 3.79. The molecule has 6 nitrogen and oxygen atoms in total. The summed E-state index contributed by atoms with van der Waals surface area (Å²) in [6.45, 7) is 1.90. The Kier molecular flexibility index (Phi) is 4.89. The van der Waals surface area contributed by atoms with E-state index in [1.807, 2.05) is 24.4 Å². The third-order valence-electron chi connectivity index (χ3n) is 2.73. The quantitative estimate of drug-likeness (QED) is 0.792. The van der Waals surface area contributed by atoms with Crippen LogP contribution in [0, 0.1) is 0 Å². The first-order valence-corrected chi connectivity index (χ1v) is 7.20. The summed E-state index contributed by atoms with van der Waals surface area (Å²) in [7, 11) is 0. The van der Waals surface area contributed by atoms with Gasteiger partial charge in [-0.05, 0) is 30.5 Å². The Labute approximate surface area is 125 Å². The number of amides is 2. The molecule has 0 aliphatic heterocycles. The molecule has 0 aliphatic rings. The number of urea groups is 1. The Morgan fingerprint density at radius 1 is 1.38 bits per heavy atom. The number of carbonyl (C=O) groups is 2. The predicted molar refractivity (Wildman–Crippen MR) is 80.5 cm³/mol. The van der Waals surface area contributed by atoms with Gasteiger partial charge in [-0.1, -0.05) is 6.07 Å². The fourth-order valence-electron chi connectivity index (χ4n) is 1.73. The average molecular weight is 305 g/mol. The number of hydrogen-bond donors (Lipinski definition) is 3. The summed E-state index contributed by atoms with van der Waals surface area (Å²) >= 11 is 1.58. The molecule has 7 heteroatoms. The van der Waals surface area contributed by atoms with Gasteiger partial charge in [0.05, 0.1) is 30.0 Å². The SMILES string of the molecule is CC(NC(=O)Nc1ccc(CC(=O)O)nc1)c1cccs1. The number of nitrogens with one attached hydrogen (secondary N) is 2. The van der Waals surface area contributed by atoms with Crippen LogP contribution in [0.2, 0.25) is 0 Å². The fourth-order valence-corrected chi connectivity index (χ4v) is 2.47. The number of nitrogens with zero attached hydrogens (tertiary/aromatic N) is 1. The van der Waals surface area contributed by atoms with Crippen LogP contribution in [-0.2, 0) is 11.2 Å². The maximum absolute atomic E-state index is 11.8. The molecule has 0 aliphatic carbocycles. The number of rotatable bonds is 5. The van der Waals surface area contributed by atoms with Crippen molar-refractivity contribution in [2.75, 3.05) is 5.32 Å². The first kappa shape index (κ1) is 15.0. The lowest BCUT2D eigenvalue weighted by atomic mass is 10.2. The van der Waals surface area contributed by atoms with Gasteiger partial charge in [0.15, 0.2) is 0 Å². The van der Waals surface area contributed by atoms with E-state index >= 15 is 0 Å². The summed E-state index contributed by atoms with van der Waals surface area (Å²) < 4.78 is 0. The maximum atomic E-state index is 11.8. The number of carboxylic acid groups (broad SMARTS) is 1. The van der Waals surface area contributed by atoms with Gasteiger partial charge in [-0.2, -0.15) is 0 Å². The standard InChI is InChI=1S/C14H15N3O3S/c1-9(12-3-2-6-21-12)16-14(20)17-11-5-4-10(15-8-11)7-13(18)19/h2-6,8-9H,7H2,1H3,(H,18,19)(H2,16,17,20). The Balaban J connectivity index is 1.89. The number of hydrogen-bond acceptors (Lipinski definition) is 4. The minimum atomic E-state index is -0.939. The van der Waals surface area contributed by atoms with Crippen molar-refractivity contribution < 1.29 is 14.7 Å². The summed E-state index contributed by atoms with van der Waals surface area (Å²) in [6.07, 6.45) is 1.30. The number of aromatic nitrogens is 1. The Morgan fingerprint density at radius 3 is 2.76 bits per heavy atom. The molecule has 0 radical (unpaired) electrons. The van der Waals surface area contributed by atoms with Crippen molar-refractivity contribution in [3.8, 4) is 0 Å². The number of thiophene rings is 1. The van der Waals surface area contributed by atoms with Crippen LogP contribution in [0.15, 0.2) is 35.8 Å². The van der Waals surface area contributed by atoms with Crippen LogP contribution < -0.4 is 10.6 Å². The van der Waals surface area contributed by atoms with E-state index in [0.29, 0.717) is 11.4 Å². The van der Waals surface area contributed by atoms with Gasteiger partial charge >= 0.3 is 12.0 Å². The van der Waals surface area contributed by atoms with Crippen molar-refractivity contribution >= 4 is 29.0 Å². The lowest BCUT2D eigenvalue weighted by Crippen LogP contribution is -2.30. The van der Waals surface area contributed by atoms with Crippen molar-refractivity contribution in [2.45, 2.75) is 19.4 Å². The van der Waals surface area contributed by atoms with Crippen LogP contribution in [0.3, 0.4) is 0 Å². The van der Waals surface area contributed by atoms with E-state index in [2.05, 4.69) is 15.6 Å². The van der Waals surface area contributed by atoms with E-state index in [9.17, 15) is 9.59 Å². The van der Waals surface area contributed by atoms with E-state index in [-0.39, 0.29) is 18.5 Å². The van der Waals surface area contributed by atoms with Crippen molar-refractivity contribution in [1.82, 2.24) is 10.3 Å². The zero-order chi connectivity index (χ0) is 15.2. The van der Waals surface area contributed by atoms with Crippen molar-refractivity contribution in [3.63, 3.8) is 0 Å². The normalized spacial score (nSPS) is 11.7. The van der Waals surface area contributed by atoms with Crippen LogP contribution in [0.1, 0.15) is 23.5 Å². The van der Waals surface area contributed by atoms with E-state index in [1.165, 1.54) is 6.20 Å². The Hall–Kier alpha value is -2.41. The highest BCUT2D eigenvalue weighted by molar-refractivity contribution is 7.10. The predicted octanol–water partition coefficient (Wildman–Crippen LogP) is 2.65. The van der Waals surface area contributed by atoms with Gasteiger partial charge in [0.2, 0.25) is 0 Å². The van der Waals surface area contributed by atoms with Crippen LogP contribution in [-0.4, -0.2) is 22.1 Å². The largest absolute Gasteiger partial charge is 0.481 e. The topological polar surface area (TPSA) is 91.3 Å². The van der Waals surface area contributed by atoms with Crippen LogP contribution in [0.5, 0.6) is 0 Å². The molecule has 3 N–H and O–H groups in total. The number of carbonyl (C=O) groups excluding carboxylic acids is 1. The lowest BCUT2D eigenvalue weighted by molar-refractivity contribution is -0.136. The first-order chi connectivity index (χ1) is 10.0. The van der Waals surface area contributed by atoms with Crippen molar-refractivity contribution in [2.24, 2.45) is 0 Å². The Morgan fingerprint density at radius 2 is 2.19 bits per heavy atom. The molecule has 1 atom stereocenters. The molecule has 0 bridgehead atoms. The average Bonchev–Trinajstić information content (AvgIpc) is 2.94. The summed E-state index contributed by atoms with van der Waals surface area (Å²) in [5.41, 5.74) is 0.959. The van der Waals surface area contributed by atoms with Crippen LogP contribution in [0.4, 0.5) is 10.5 Å². The second-order valence-corrected chi connectivity index (χ2v) is 5.42. The minimum absolute atomic E-state index is 0.0794. The van der Waals surface area contributed by atoms with Crippen molar-refractivity contribution in [1.29, 1.82) is 0 Å². The van der Waals surface area contributed by atoms with Crippen molar-refractivity contribution in [3.05, 3.63) is 46.4 Å². The second kappa shape index (κ2) is 6.85. The first-order valence-electron chi connectivity index (χ1n) is 6.32. The van der Waals surface area contributed by atoms with Gasteiger partial charge in [0.1, 0.15) is 0 Å². The smallest absolute Gasteiger partial charge is 0.319 e. The summed E-state index contributed by atoms with van der Waals surface area (Å²) in [4.78, 5) is 27.4. The molecule has 2 aromatic rings. The molecule has 110 valence electrons. The molecular weight excluding hydrogens is 290 g/mol. The molecule has 0 saturated carbocycles. The van der Waals surface area contributed by atoms with Gasteiger partial charge in [0.25, 0.3) is 0 Å². The Bertz CT molecular complexity index is 611. The molecule has 0 aromatic carbocycles. The fraction of sp³-hybridized carbons (Fsp3) is 0.214. The molecule has 0 spiro atoms. The molecule has 2 heterocycles. The molecule has 21 heavy (non-hydrogen) atoms. The molecule has 2 rings (SSSR count). The summed E-state index contributed by atoms with van der Waals surface area (Å²) in [6, 6.07) is 6.68. The highest BCUT2D eigenvalue weighted by atomic mass is 32.1. The van der Waals surface area contributed by atoms with Gasteiger partial charge in [-0.3, -0.25) is 9.78 Å². The van der Waals surface area contributed by atoms with Gasteiger partial charge < -0.3 is 15.7 Å².